The molecule has 2 aliphatic rings. The number of aliphatic hydroxyl groups is 1. The van der Waals surface area contributed by atoms with Crippen LogP contribution in [0.3, 0.4) is 0 Å². The molecule has 2 fully saturated rings. The normalized spacial score (nSPS) is 26.1. The van der Waals surface area contributed by atoms with E-state index in [2.05, 4.69) is 0 Å². The van der Waals surface area contributed by atoms with E-state index in [4.69, 9.17) is 0 Å². The van der Waals surface area contributed by atoms with Crippen molar-refractivity contribution in [3.05, 3.63) is 0 Å². The van der Waals surface area contributed by atoms with E-state index >= 15 is 0 Å². The van der Waals surface area contributed by atoms with Crippen LogP contribution in [-0.4, -0.2) is 35.1 Å². The standard InChI is InChI=1S/C8H13NO2/c10-7(6-2-3-6)8(11)9-4-1-5-9/h6-7,10H,1-5H2. The number of amides is 1. The van der Waals surface area contributed by atoms with E-state index in [1.54, 1.807) is 4.90 Å². The fourth-order valence-electron chi connectivity index (χ4n) is 1.34. The Kier molecular flexibility index (Phi) is 1.60. The Morgan fingerprint density at radius 3 is 2.45 bits per heavy atom. The van der Waals surface area contributed by atoms with Gasteiger partial charge in [0.05, 0.1) is 0 Å². The summed E-state index contributed by atoms with van der Waals surface area (Å²) in [6.45, 7) is 1.70. The smallest absolute Gasteiger partial charge is 0.251 e. The lowest BCUT2D eigenvalue weighted by Gasteiger charge is -2.32. The van der Waals surface area contributed by atoms with Crippen molar-refractivity contribution in [2.24, 2.45) is 5.92 Å². The second-order valence-electron chi connectivity index (χ2n) is 3.46. The molecule has 1 heterocycles. The van der Waals surface area contributed by atoms with Gasteiger partial charge in [0.1, 0.15) is 6.10 Å². The number of hydrogen-bond acceptors (Lipinski definition) is 2. The van der Waals surface area contributed by atoms with Crippen LogP contribution in [-0.2, 0) is 4.79 Å². The lowest BCUT2D eigenvalue weighted by atomic mass is 10.1. The number of aliphatic hydroxyl groups excluding tert-OH is 1. The predicted octanol–water partition coefficient (Wildman–Crippen LogP) is -0.0104. The van der Waals surface area contributed by atoms with E-state index in [0.717, 1.165) is 32.4 Å². The van der Waals surface area contributed by atoms with Crippen LogP contribution in [0.4, 0.5) is 0 Å². The number of hydrogen-bond donors (Lipinski definition) is 1. The van der Waals surface area contributed by atoms with Gasteiger partial charge < -0.3 is 10.0 Å². The Bertz CT molecular complexity index is 173. The molecular weight excluding hydrogens is 142 g/mol. The number of likely N-dealkylation sites (tertiary alicyclic amines) is 1. The Balaban J connectivity index is 1.86. The van der Waals surface area contributed by atoms with Crippen molar-refractivity contribution in [1.82, 2.24) is 4.90 Å². The summed E-state index contributed by atoms with van der Waals surface area (Å²) in [4.78, 5) is 13.0. The molecule has 0 aromatic carbocycles. The van der Waals surface area contributed by atoms with Gasteiger partial charge in [-0.05, 0) is 25.2 Å². The highest BCUT2D eigenvalue weighted by atomic mass is 16.3. The van der Waals surface area contributed by atoms with E-state index in [1.165, 1.54) is 0 Å². The third-order valence-corrected chi connectivity index (χ3v) is 2.49. The van der Waals surface area contributed by atoms with Gasteiger partial charge in [0, 0.05) is 13.1 Å². The fraction of sp³-hybridized carbons (Fsp3) is 0.875. The zero-order chi connectivity index (χ0) is 7.84. The molecule has 1 N–H and O–H groups in total. The van der Waals surface area contributed by atoms with E-state index in [-0.39, 0.29) is 11.8 Å². The summed E-state index contributed by atoms with van der Waals surface area (Å²) in [6.07, 6.45) is 2.47. The highest BCUT2D eigenvalue weighted by Crippen LogP contribution is 2.33. The molecule has 0 bridgehead atoms. The molecule has 1 aliphatic heterocycles. The first-order valence-electron chi connectivity index (χ1n) is 4.26. The van der Waals surface area contributed by atoms with Crippen LogP contribution >= 0.6 is 0 Å². The summed E-state index contributed by atoms with van der Waals surface area (Å²) in [5, 5.41) is 9.40. The zero-order valence-corrected chi connectivity index (χ0v) is 6.49. The first-order chi connectivity index (χ1) is 5.29. The van der Waals surface area contributed by atoms with Gasteiger partial charge in [0.15, 0.2) is 0 Å². The number of nitrogens with zero attached hydrogens (tertiary/aromatic N) is 1. The molecule has 0 spiro atoms. The first kappa shape index (κ1) is 7.10. The number of carbonyl (C=O) groups is 1. The van der Waals surface area contributed by atoms with Crippen LogP contribution < -0.4 is 0 Å². The maximum Gasteiger partial charge on any atom is 0.251 e. The summed E-state index contributed by atoms with van der Waals surface area (Å²) in [7, 11) is 0. The second-order valence-corrected chi connectivity index (χ2v) is 3.46. The van der Waals surface area contributed by atoms with Crippen LogP contribution in [0.1, 0.15) is 19.3 Å². The van der Waals surface area contributed by atoms with E-state index in [1.807, 2.05) is 0 Å². The van der Waals surface area contributed by atoms with Gasteiger partial charge in [0.25, 0.3) is 5.91 Å². The maximum absolute atomic E-state index is 11.3. The van der Waals surface area contributed by atoms with Gasteiger partial charge in [-0.15, -0.1) is 0 Å². The molecular formula is C8H13NO2. The van der Waals surface area contributed by atoms with Gasteiger partial charge >= 0.3 is 0 Å². The van der Waals surface area contributed by atoms with Crippen LogP contribution in [0.5, 0.6) is 0 Å². The molecule has 1 saturated heterocycles. The summed E-state index contributed by atoms with van der Waals surface area (Å²) in [5.74, 6) is 0.238. The average molecular weight is 155 g/mol. The van der Waals surface area contributed by atoms with Crippen molar-refractivity contribution in [3.8, 4) is 0 Å². The molecule has 62 valence electrons. The highest BCUT2D eigenvalue weighted by molar-refractivity contribution is 5.81. The Hall–Kier alpha value is -0.570. The minimum Gasteiger partial charge on any atom is -0.383 e. The fourth-order valence-corrected chi connectivity index (χ4v) is 1.34. The average Bonchev–Trinajstić information content (AvgIpc) is 2.62. The van der Waals surface area contributed by atoms with Crippen molar-refractivity contribution in [1.29, 1.82) is 0 Å². The number of carbonyl (C=O) groups excluding carboxylic acids is 1. The third kappa shape index (κ3) is 1.25. The van der Waals surface area contributed by atoms with Crippen molar-refractivity contribution < 1.29 is 9.90 Å². The molecule has 1 unspecified atom stereocenters. The van der Waals surface area contributed by atoms with E-state index < -0.39 is 6.10 Å². The third-order valence-electron chi connectivity index (χ3n) is 2.49. The Morgan fingerprint density at radius 2 is 2.09 bits per heavy atom. The zero-order valence-electron chi connectivity index (χ0n) is 6.49. The molecule has 0 radical (unpaired) electrons. The molecule has 1 amide bonds. The van der Waals surface area contributed by atoms with Gasteiger partial charge in [-0.1, -0.05) is 0 Å². The molecule has 11 heavy (non-hydrogen) atoms. The summed E-state index contributed by atoms with van der Waals surface area (Å²) < 4.78 is 0. The SMILES string of the molecule is O=C(C(O)C1CC1)N1CCC1. The van der Waals surface area contributed by atoms with Gasteiger partial charge in [-0.25, -0.2) is 0 Å². The minimum atomic E-state index is -0.685. The predicted molar refractivity (Wildman–Crippen MR) is 39.9 cm³/mol. The summed E-state index contributed by atoms with van der Waals surface area (Å²) >= 11 is 0. The highest BCUT2D eigenvalue weighted by Gasteiger charge is 2.37. The van der Waals surface area contributed by atoms with E-state index in [9.17, 15) is 9.90 Å². The molecule has 0 aromatic heterocycles. The van der Waals surface area contributed by atoms with Crippen molar-refractivity contribution in [2.45, 2.75) is 25.4 Å². The molecule has 3 nitrogen and oxygen atoms in total. The van der Waals surface area contributed by atoms with Crippen LogP contribution in [0, 0.1) is 5.92 Å². The molecule has 0 aromatic rings. The van der Waals surface area contributed by atoms with Crippen molar-refractivity contribution in [3.63, 3.8) is 0 Å². The largest absolute Gasteiger partial charge is 0.383 e. The maximum atomic E-state index is 11.3. The monoisotopic (exact) mass is 155 g/mol. The lowest BCUT2D eigenvalue weighted by molar-refractivity contribution is -0.144. The van der Waals surface area contributed by atoms with Gasteiger partial charge in [0.2, 0.25) is 0 Å². The summed E-state index contributed by atoms with van der Waals surface area (Å²) in [6, 6.07) is 0. The quantitative estimate of drug-likeness (QED) is 0.609. The van der Waals surface area contributed by atoms with Crippen molar-refractivity contribution in [2.75, 3.05) is 13.1 Å². The Labute approximate surface area is 66.0 Å². The second kappa shape index (κ2) is 2.48. The Morgan fingerprint density at radius 1 is 1.45 bits per heavy atom. The molecule has 3 heteroatoms. The minimum absolute atomic E-state index is 0.0428. The van der Waals surface area contributed by atoms with E-state index in [0.29, 0.717) is 0 Å². The van der Waals surface area contributed by atoms with Crippen LogP contribution in [0.15, 0.2) is 0 Å². The molecule has 1 atom stereocenters. The lowest BCUT2D eigenvalue weighted by Crippen LogP contribution is -2.47. The van der Waals surface area contributed by atoms with Crippen molar-refractivity contribution >= 4 is 5.91 Å². The topological polar surface area (TPSA) is 40.5 Å². The summed E-state index contributed by atoms with van der Waals surface area (Å²) in [5.41, 5.74) is 0. The number of rotatable bonds is 2. The van der Waals surface area contributed by atoms with Crippen LogP contribution in [0.2, 0.25) is 0 Å². The first-order valence-corrected chi connectivity index (χ1v) is 4.26. The molecule has 1 saturated carbocycles. The molecule has 2 rings (SSSR count). The molecule has 1 aliphatic carbocycles. The van der Waals surface area contributed by atoms with Gasteiger partial charge in [-0.3, -0.25) is 4.79 Å². The van der Waals surface area contributed by atoms with Gasteiger partial charge in [-0.2, -0.15) is 0 Å². The van der Waals surface area contributed by atoms with Crippen LogP contribution in [0.25, 0.3) is 0 Å².